The van der Waals surface area contributed by atoms with Crippen LogP contribution in [0, 0.1) is 0 Å². The van der Waals surface area contributed by atoms with Crippen molar-refractivity contribution >= 4 is 42.6 Å². The maximum absolute atomic E-state index is 12.8. The van der Waals surface area contributed by atoms with Crippen molar-refractivity contribution in [1.29, 1.82) is 0 Å². The van der Waals surface area contributed by atoms with Crippen LogP contribution in [0.3, 0.4) is 0 Å². The summed E-state index contributed by atoms with van der Waals surface area (Å²) >= 11 is 0. The van der Waals surface area contributed by atoms with E-state index in [0.29, 0.717) is 0 Å². The molecule has 0 aliphatic heterocycles. The second-order valence-electron chi connectivity index (χ2n) is 9.65. The van der Waals surface area contributed by atoms with E-state index in [1.165, 1.54) is 26.3 Å². The summed E-state index contributed by atoms with van der Waals surface area (Å²) in [6, 6.07) is 58.4. The zero-order chi connectivity index (χ0) is 26.5. The first-order chi connectivity index (χ1) is 19.3. The number of hydrogen-bond acceptors (Lipinski definition) is 1. The van der Waals surface area contributed by atoms with Gasteiger partial charge in [-0.3, -0.25) is 0 Å². The summed E-state index contributed by atoms with van der Waals surface area (Å²) in [6.07, 6.45) is 0. The van der Waals surface area contributed by atoms with E-state index < -0.39 is 16.5 Å². The van der Waals surface area contributed by atoms with E-state index >= 15 is 0 Å². The highest BCUT2D eigenvalue weighted by Gasteiger charge is 2.43. The zero-order valence-electron chi connectivity index (χ0n) is 21.6. The third-order valence-electron chi connectivity index (χ3n) is 7.51. The zero-order valence-corrected chi connectivity index (χ0v) is 23.7. The molecular weight excluding hydrogens is 507 g/mol. The van der Waals surface area contributed by atoms with E-state index in [-0.39, 0.29) is 0 Å². The Kier molecular flexibility index (Phi) is 7.23. The van der Waals surface area contributed by atoms with Crippen LogP contribution in [0.15, 0.2) is 164 Å². The van der Waals surface area contributed by atoms with Crippen LogP contribution in [0.25, 0.3) is 22.3 Å². The molecule has 0 radical (unpaired) electrons. The molecule has 0 aliphatic rings. The molecule has 39 heavy (non-hydrogen) atoms. The molecule has 3 heteroatoms. The quantitative estimate of drug-likeness (QED) is 0.144. The van der Waals surface area contributed by atoms with Crippen molar-refractivity contribution in [2.75, 3.05) is 0 Å². The molecular formula is C36H29OPSi. The van der Waals surface area contributed by atoms with Gasteiger partial charge in [-0.25, -0.2) is 0 Å². The highest BCUT2D eigenvalue weighted by molar-refractivity contribution is 7.34. The van der Waals surface area contributed by atoms with Crippen LogP contribution in [0.4, 0.5) is 0 Å². The number of benzene rings is 6. The minimum absolute atomic E-state index is 0.904. The minimum Gasteiger partial charge on any atom is -0.325 e. The van der Waals surface area contributed by atoms with Crippen molar-refractivity contribution in [3.05, 3.63) is 164 Å². The lowest BCUT2D eigenvalue weighted by atomic mass is 9.94. The molecule has 6 aromatic rings. The average molecular weight is 537 g/mol. The molecule has 6 aromatic carbocycles. The van der Waals surface area contributed by atoms with Crippen LogP contribution in [-0.4, -0.2) is 8.07 Å². The fourth-order valence-corrected chi connectivity index (χ4v) is 11.5. The Morgan fingerprint density at radius 1 is 0.385 bits per heavy atom. The van der Waals surface area contributed by atoms with Gasteiger partial charge < -0.3 is 4.57 Å². The number of rotatable bonds is 7. The lowest BCUT2D eigenvalue weighted by Crippen LogP contribution is -2.75. The lowest BCUT2D eigenvalue weighted by molar-refractivity contribution is 0.603. The van der Waals surface area contributed by atoms with Crippen molar-refractivity contribution in [2.45, 2.75) is 0 Å². The van der Waals surface area contributed by atoms with Crippen molar-refractivity contribution in [3.63, 3.8) is 0 Å². The largest absolute Gasteiger partial charge is 0.325 e. The molecule has 0 fully saturated rings. The summed E-state index contributed by atoms with van der Waals surface area (Å²) in [6.45, 7) is 0. The van der Waals surface area contributed by atoms with Gasteiger partial charge >= 0.3 is 0 Å². The minimum atomic E-state index is -2.82. The van der Waals surface area contributed by atoms with Gasteiger partial charge in [-0.1, -0.05) is 164 Å². The SMILES string of the molecule is O=[PH2]c1ccc([Si](c2ccccc2)(c2ccccc2)c2ccccc2)c(-c2ccccc2)c1-c1ccccc1. The third kappa shape index (κ3) is 4.53. The van der Waals surface area contributed by atoms with Gasteiger partial charge in [0, 0.05) is 5.30 Å². The average Bonchev–Trinajstić information content (AvgIpc) is 3.03. The first-order valence-corrected chi connectivity index (χ1v) is 16.3. The van der Waals surface area contributed by atoms with E-state index in [1.54, 1.807) is 0 Å². The Labute approximate surface area is 232 Å². The van der Waals surface area contributed by atoms with Gasteiger partial charge in [0.25, 0.3) is 0 Å². The Morgan fingerprint density at radius 2 is 0.744 bits per heavy atom. The lowest BCUT2D eigenvalue weighted by Gasteiger charge is -2.37. The summed E-state index contributed by atoms with van der Waals surface area (Å²) in [5.74, 6) is 0. The van der Waals surface area contributed by atoms with E-state index in [1.807, 2.05) is 6.07 Å². The normalized spacial score (nSPS) is 11.6. The Bertz CT molecular complexity index is 1590. The molecule has 6 rings (SSSR count). The maximum Gasteiger partial charge on any atom is 0.180 e. The molecule has 1 unspecified atom stereocenters. The van der Waals surface area contributed by atoms with Gasteiger partial charge in [-0.15, -0.1) is 0 Å². The smallest absolute Gasteiger partial charge is 0.180 e. The first-order valence-electron chi connectivity index (χ1n) is 13.2. The fraction of sp³-hybridized carbons (Fsp3) is 0. The van der Waals surface area contributed by atoms with Crippen molar-refractivity contribution in [1.82, 2.24) is 0 Å². The molecule has 0 amide bonds. The topological polar surface area (TPSA) is 17.1 Å². The van der Waals surface area contributed by atoms with Crippen LogP contribution in [0.5, 0.6) is 0 Å². The molecule has 0 bridgehead atoms. The molecule has 188 valence electrons. The summed E-state index contributed by atoms with van der Waals surface area (Å²) in [7, 11) is -3.95. The third-order valence-corrected chi connectivity index (χ3v) is 13.1. The second kappa shape index (κ2) is 11.3. The molecule has 1 nitrogen and oxygen atoms in total. The second-order valence-corrected chi connectivity index (χ2v) is 14.3. The van der Waals surface area contributed by atoms with E-state index in [0.717, 1.165) is 22.0 Å². The van der Waals surface area contributed by atoms with Crippen molar-refractivity contribution < 1.29 is 4.57 Å². The predicted molar refractivity (Wildman–Crippen MR) is 171 cm³/mol. The van der Waals surface area contributed by atoms with Crippen LogP contribution < -0.4 is 26.1 Å². The summed E-state index contributed by atoms with van der Waals surface area (Å²) in [5.41, 5.74) is 4.48. The van der Waals surface area contributed by atoms with E-state index in [2.05, 4.69) is 158 Å². The van der Waals surface area contributed by atoms with E-state index in [4.69, 9.17) is 0 Å². The van der Waals surface area contributed by atoms with Gasteiger partial charge in [0.2, 0.25) is 0 Å². The molecule has 0 N–H and O–H groups in total. The molecule has 0 saturated heterocycles. The Hall–Kier alpha value is -4.23. The summed E-state index contributed by atoms with van der Waals surface area (Å²) in [4.78, 5) is 0. The summed E-state index contributed by atoms with van der Waals surface area (Å²) < 4.78 is 12.8. The highest BCUT2D eigenvalue weighted by atomic mass is 31.1. The van der Waals surface area contributed by atoms with Gasteiger partial charge in [-0.05, 0) is 43.0 Å². The predicted octanol–water partition coefficient (Wildman–Crippen LogP) is 5.78. The molecule has 0 heterocycles. The van der Waals surface area contributed by atoms with Crippen molar-refractivity contribution in [2.24, 2.45) is 0 Å². The van der Waals surface area contributed by atoms with Crippen LogP contribution in [0.2, 0.25) is 0 Å². The highest BCUT2D eigenvalue weighted by Crippen LogP contribution is 2.33. The molecule has 1 atom stereocenters. The maximum atomic E-state index is 12.8. The van der Waals surface area contributed by atoms with Crippen LogP contribution in [-0.2, 0) is 4.57 Å². The Morgan fingerprint density at radius 3 is 1.13 bits per heavy atom. The van der Waals surface area contributed by atoms with Crippen molar-refractivity contribution in [3.8, 4) is 22.3 Å². The molecule has 0 aromatic heterocycles. The standard InChI is InChI=1S/C36H29OPSi/c37-38-33-26-27-34(36(29-18-8-2-9-19-29)35(33)28-16-6-1-7-17-28)39(30-20-10-3-11-21-30,31-22-12-4-13-23-31)32-24-14-5-15-25-32/h1-27H,38H2. The van der Waals surface area contributed by atoms with Gasteiger partial charge in [-0.2, -0.15) is 0 Å². The molecule has 0 saturated carbocycles. The van der Waals surface area contributed by atoms with Gasteiger partial charge in [0.1, 0.15) is 0 Å². The Balaban J connectivity index is 1.85. The first kappa shape index (κ1) is 25.1. The van der Waals surface area contributed by atoms with Crippen LogP contribution >= 0.6 is 8.46 Å². The number of hydrogen-bond donors (Lipinski definition) is 0. The van der Waals surface area contributed by atoms with Crippen LogP contribution in [0.1, 0.15) is 0 Å². The fourth-order valence-electron chi connectivity index (χ4n) is 5.88. The monoisotopic (exact) mass is 536 g/mol. The molecule has 0 aliphatic carbocycles. The van der Waals surface area contributed by atoms with Gasteiger partial charge in [0.05, 0.1) is 8.46 Å². The van der Waals surface area contributed by atoms with E-state index in [9.17, 15) is 4.57 Å². The van der Waals surface area contributed by atoms with Gasteiger partial charge in [0.15, 0.2) is 8.07 Å². The summed E-state index contributed by atoms with van der Waals surface area (Å²) in [5, 5.41) is 6.16. The molecule has 0 spiro atoms.